The summed E-state index contributed by atoms with van der Waals surface area (Å²) in [5.41, 5.74) is 0. The first kappa shape index (κ1) is 16.8. The maximum absolute atomic E-state index is 12.5. The maximum atomic E-state index is 12.5. The molecule has 0 spiro atoms. The fourth-order valence-electron chi connectivity index (χ4n) is 2.03. The molecular formula is C13H26F3N. The molecule has 0 amide bonds. The molecule has 1 saturated heterocycles. The summed E-state index contributed by atoms with van der Waals surface area (Å²) < 4.78 is 37.4. The van der Waals surface area contributed by atoms with Gasteiger partial charge in [0.1, 0.15) is 6.04 Å². The minimum absolute atomic E-state index is 0.287. The van der Waals surface area contributed by atoms with Crippen LogP contribution >= 0.6 is 0 Å². The van der Waals surface area contributed by atoms with Crippen LogP contribution in [0.4, 0.5) is 13.2 Å². The van der Waals surface area contributed by atoms with Crippen molar-refractivity contribution in [3.63, 3.8) is 0 Å². The van der Waals surface area contributed by atoms with Gasteiger partial charge in [0.15, 0.2) is 0 Å². The third kappa shape index (κ3) is 6.92. The van der Waals surface area contributed by atoms with Crippen molar-refractivity contribution in [3.8, 4) is 0 Å². The Morgan fingerprint density at radius 1 is 1.12 bits per heavy atom. The van der Waals surface area contributed by atoms with Gasteiger partial charge in [-0.05, 0) is 32.4 Å². The standard InChI is InChI=1S/C10H18F3N.C3H8/c1-2-3-4-7-14-8-5-6-9(14)10(11,12)13;1-3-2/h9H,2-8H2,1H3;3H2,1-2H3. The van der Waals surface area contributed by atoms with Crippen LogP contribution in [0, 0.1) is 0 Å². The van der Waals surface area contributed by atoms with E-state index < -0.39 is 12.2 Å². The first-order valence-electron chi connectivity index (χ1n) is 6.78. The monoisotopic (exact) mass is 253 g/mol. The van der Waals surface area contributed by atoms with Gasteiger partial charge in [0, 0.05) is 0 Å². The summed E-state index contributed by atoms with van der Waals surface area (Å²) in [6.07, 6.45) is 1.18. The third-order valence-electron chi connectivity index (χ3n) is 2.79. The molecular weight excluding hydrogens is 227 g/mol. The highest BCUT2D eigenvalue weighted by Crippen LogP contribution is 2.32. The van der Waals surface area contributed by atoms with Crippen molar-refractivity contribution < 1.29 is 13.2 Å². The van der Waals surface area contributed by atoms with Crippen LogP contribution in [-0.4, -0.2) is 30.2 Å². The highest BCUT2D eigenvalue weighted by molar-refractivity contribution is 4.84. The summed E-state index contributed by atoms with van der Waals surface area (Å²) in [6.45, 7) is 7.54. The van der Waals surface area contributed by atoms with E-state index >= 15 is 0 Å². The van der Waals surface area contributed by atoms with Crippen molar-refractivity contribution in [1.82, 2.24) is 4.90 Å². The summed E-state index contributed by atoms with van der Waals surface area (Å²) in [4.78, 5) is 1.59. The van der Waals surface area contributed by atoms with Crippen LogP contribution in [0.2, 0.25) is 0 Å². The zero-order valence-corrected chi connectivity index (χ0v) is 11.3. The zero-order valence-electron chi connectivity index (χ0n) is 11.3. The van der Waals surface area contributed by atoms with Crippen molar-refractivity contribution in [2.45, 2.75) is 71.5 Å². The van der Waals surface area contributed by atoms with Crippen LogP contribution in [0.3, 0.4) is 0 Å². The predicted molar refractivity (Wildman–Crippen MR) is 66.1 cm³/mol. The fraction of sp³-hybridized carbons (Fsp3) is 1.00. The number of nitrogens with zero attached hydrogens (tertiary/aromatic N) is 1. The van der Waals surface area contributed by atoms with E-state index in [2.05, 4.69) is 20.8 Å². The van der Waals surface area contributed by atoms with Gasteiger partial charge in [-0.25, -0.2) is 0 Å². The van der Waals surface area contributed by atoms with Crippen LogP contribution in [0.1, 0.15) is 59.3 Å². The van der Waals surface area contributed by atoms with Crippen molar-refractivity contribution in [2.75, 3.05) is 13.1 Å². The average Bonchev–Trinajstić information content (AvgIpc) is 2.67. The molecule has 1 heterocycles. The summed E-state index contributed by atoms with van der Waals surface area (Å²) in [6, 6.07) is -1.17. The van der Waals surface area contributed by atoms with Gasteiger partial charge in [-0.15, -0.1) is 0 Å². The Bertz CT molecular complexity index is 180. The van der Waals surface area contributed by atoms with E-state index in [-0.39, 0.29) is 6.42 Å². The Hall–Kier alpha value is -0.250. The Morgan fingerprint density at radius 2 is 1.71 bits per heavy atom. The topological polar surface area (TPSA) is 3.24 Å². The van der Waals surface area contributed by atoms with Crippen molar-refractivity contribution in [1.29, 1.82) is 0 Å². The molecule has 0 radical (unpaired) electrons. The molecule has 0 N–H and O–H groups in total. The quantitative estimate of drug-likeness (QED) is 0.661. The molecule has 0 saturated carbocycles. The van der Waals surface area contributed by atoms with E-state index in [0.29, 0.717) is 19.5 Å². The first-order valence-corrected chi connectivity index (χ1v) is 6.78. The maximum Gasteiger partial charge on any atom is 0.404 e. The van der Waals surface area contributed by atoms with Gasteiger partial charge in [0.05, 0.1) is 0 Å². The molecule has 17 heavy (non-hydrogen) atoms. The minimum atomic E-state index is -4.03. The number of rotatable bonds is 4. The molecule has 1 aliphatic rings. The number of likely N-dealkylation sites (tertiary alicyclic amines) is 1. The molecule has 0 aliphatic carbocycles. The molecule has 1 fully saturated rings. The van der Waals surface area contributed by atoms with Gasteiger partial charge in [-0.2, -0.15) is 13.2 Å². The molecule has 1 nitrogen and oxygen atoms in total. The molecule has 1 atom stereocenters. The van der Waals surface area contributed by atoms with E-state index in [9.17, 15) is 13.2 Å². The Kier molecular flexibility index (Phi) is 8.66. The lowest BCUT2D eigenvalue weighted by atomic mass is 10.2. The highest BCUT2D eigenvalue weighted by Gasteiger charge is 2.45. The number of halogens is 3. The lowest BCUT2D eigenvalue weighted by molar-refractivity contribution is -0.175. The molecule has 4 heteroatoms. The van der Waals surface area contributed by atoms with Crippen LogP contribution < -0.4 is 0 Å². The summed E-state index contributed by atoms with van der Waals surface area (Å²) in [7, 11) is 0. The molecule has 0 aromatic rings. The second-order valence-corrected chi connectivity index (χ2v) is 4.65. The van der Waals surface area contributed by atoms with Crippen LogP contribution in [0.15, 0.2) is 0 Å². The van der Waals surface area contributed by atoms with E-state index in [4.69, 9.17) is 0 Å². The molecule has 104 valence electrons. The largest absolute Gasteiger partial charge is 0.404 e. The van der Waals surface area contributed by atoms with Gasteiger partial charge in [0.25, 0.3) is 0 Å². The normalized spacial score (nSPS) is 21.2. The Balaban J connectivity index is 0.000000770. The zero-order chi connectivity index (χ0) is 13.3. The number of hydrogen-bond acceptors (Lipinski definition) is 1. The molecule has 0 aromatic heterocycles. The van der Waals surface area contributed by atoms with E-state index in [1.807, 2.05) is 0 Å². The van der Waals surface area contributed by atoms with Crippen molar-refractivity contribution >= 4 is 0 Å². The SMILES string of the molecule is CCC.CCCCCN1CCCC1C(F)(F)F. The number of unbranched alkanes of at least 4 members (excludes halogenated alkanes) is 2. The van der Waals surface area contributed by atoms with E-state index in [0.717, 1.165) is 19.3 Å². The lowest BCUT2D eigenvalue weighted by Crippen LogP contribution is -2.41. The molecule has 0 bridgehead atoms. The van der Waals surface area contributed by atoms with E-state index in [1.165, 1.54) is 6.42 Å². The van der Waals surface area contributed by atoms with Crippen LogP contribution in [-0.2, 0) is 0 Å². The molecule has 1 aliphatic heterocycles. The average molecular weight is 253 g/mol. The number of hydrogen-bond donors (Lipinski definition) is 0. The van der Waals surface area contributed by atoms with Gasteiger partial charge >= 0.3 is 6.18 Å². The van der Waals surface area contributed by atoms with Crippen LogP contribution in [0.25, 0.3) is 0 Å². The van der Waals surface area contributed by atoms with Gasteiger partial charge in [0.2, 0.25) is 0 Å². The summed E-state index contributed by atoms with van der Waals surface area (Å²) in [5.74, 6) is 0. The number of alkyl halides is 3. The Labute approximate surface area is 103 Å². The summed E-state index contributed by atoms with van der Waals surface area (Å²) in [5, 5.41) is 0. The van der Waals surface area contributed by atoms with Gasteiger partial charge < -0.3 is 0 Å². The third-order valence-corrected chi connectivity index (χ3v) is 2.79. The molecule has 0 aromatic carbocycles. The summed E-state index contributed by atoms with van der Waals surface area (Å²) >= 11 is 0. The van der Waals surface area contributed by atoms with Crippen molar-refractivity contribution in [3.05, 3.63) is 0 Å². The van der Waals surface area contributed by atoms with Crippen molar-refractivity contribution in [2.24, 2.45) is 0 Å². The highest BCUT2D eigenvalue weighted by atomic mass is 19.4. The first-order chi connectivity index (χ1) is 7.97. The van der Waals surface area contributed by atoms with Crippen LogP contribution in [0.5, 0.6) is 0 Å². The lowest BCUT2D eigenvalue weighted by Gasteiger charge is -2.26. The van der Waals surface area contributed by atoms with Gasteiger partial charge in [-0.1, -0.05) is 40.0 Å². The second-order valence-electron chi connectivity index (χ2n) is 4.65. The fourth-order valence-corrected chi connectivity index (χ4v) is 2.03. The Morgan fingerprint density at radius 3 is 2.18 bits per heavy atom. The second kappa shape index (κ2) is 8.78. The van der Waals surface area contributed by atoms with Gasteiger partial charge in [-0.3, -0.25) is 4.90 Å². The minimum Gasteiger partial charge on any atom is -0.292 e. The molecule has 1 rings (SSSR count). The van der Waals surface area contributed by atoms with E-state index in [1.54, 1.807) is 4.90 Å². The predicted octanol–water partition coefficient (Wildman–Crippen LogP) is 4.62. The molecule has 1 unspecified atom stereocenters. The smallest absolute Gasteiger partial charge is 0.292 e.